The minimum atomic E-state index is -0.311. The quantitative estimate of drug-likeness (QED) is 0.611. The molecule has 188 valence electrons. The van der Waals surface area contributed by atoms with Crippen LogP contribution in [-0.2, 0) is 17.6 Å². The SMILES string of the molecule is CCN(C(=O)NCC(CC)(CC)N(C)C)C(=O)[C@@H]1CC2Cc3c(sc(N)c3C#N)C[C@H]2N(C)C1. The van der Waals surface area contributed by atoms with Crippen LogP contribution in [0.15, 0.2) is 0 Å². The van der Waals surface area contributed by atoms with Crippen molar-refractivity contribution in [3.63, 3.8) is 0 Å². The second-order valence-electron chi connectivity index (χ2n) is 10.0. The Kier molecular flexibility index (Phi) is 8.27. The molecule has 3 N–H and O–H groups in total. The highest BCUT2D eigenvalue weighted by Gasteiger charge is 2.43. The molecule has 1 aromatic rings. The summed E-state index contributed by atoms with van der Waals surface area (Å²) in [5.74, 6) is -0.0782. The van der Waals surface area contributed by atoms with Crippen LogP contribution in [0.4, 0.5) is 9.80 Å². The lowest BCUT2D eigenvalue weighted by molar-refractivity contribution is -0.135. The number of nitrogens with zero attached hydrogens (tertiary/aromatic N) is 4. The van der Waals surface area contributed by atoms with Gasteiger partial charge in [0, 0.05) is 36.1 Å². The van der Waals surface area contributed by atoms with Crippen LogP contribution in [0, 0.1) is 23.2 Å². The van der Waals surface area contributed by atoms with Gasteiger partial charge in [-0.1, -0.05) is 13.8 Å². The van der Waals surface area contributed by atoms with E-state index in [-0.39, 0.29) is 29.3 Å². The maximum absolute atomic E-state index is 13.5. The van der Waals surface area contributed by atoms with Gasteiger partial charge in [-0.2, -0.15) is 5.26 Å². The Labute approximate surface area is 208 Å². The molecule has 3 rings (SSSR count). The molecule has 1 saturated heterocycles. The Morgan fingerprint density at radius 2 is 1.94 bits per heavy atom. The molecule has 34 heavy (non-hydrogen) atoms. The molecular weight excluding hydrogens is 448 g/mol. The van der Waals surface area contributed by atoms with Gasteiger partial charge in [-0.3, -0.25) is 9.69 Å². The Bertz CT molecular complexity index is 948. The number of fused-ring (bicyclic) bond motifs is 2. The van der Waals surface area contributed by atoms with Gasteiger partial charge in [0.15, 0.2) is 0 Å². The smallest absolute Gasteiger partial charge is 0.324 e. The first-order valence-corrected chi connectivity index (χ1v) is 13.2. The fourth-order valence-corrected chi connectivity index (χ4v) is 6.99. The number of hydrogen-bond donors (Lipinski definition) is 2. The van der Waals surface area contributed by atoms with Gasteiger partial charge in [0.2, 0.25) is 5.91 Å². The summed E-state index contributed by atoms with van der Waals surface area (Å²) in [7, 11) is 6.13. The summed E-state index contributed by atoms with van der Waals surface area (Å²) in [5, 5.41) is 13.2. The Hall–Kier alpha value is -2.15. The highest BCUT2D eigenvalue weighted by atomic mass is 32.1. The average molecular weight is 489 g/mol. The first kappa shape index (κ1) is 26.5. The van der Waals surface area contributed by atoms with Gasteiger partial charge in [-0.25, -0.2) is 4.79 Å². The number of rotatable bonds is 7. The van der Waals surface area contributed by atoms with E-state index in [4.69, 9.17) is 5.73 Å². The van der Waals surface area contributed by atoms with Crippen molar-refractivity contribution in [2.45, 2.75) is 64.5 Å². The number of likely N-dealkylation sites (N-methyl/N-ethyl adjacent to an activating group) is 2. The summed E-state index contributed by atoms with van der Waals surface area (Å²) in [4.78, 5) is 33.6. The molecular formula is C25H40N6O2S. The molecule has 3 amide bonds. The Balaban J connectivity index is 1.71. The molecule has 0 aromatic carbocycles. The van der Waals surface area contributed by atoms with Gasteiger partial charge in [0.25, 0.3) is 0 Å². The number of amides is 3. The van der Waals surface area contributed by atoms with Crippen molar-refractivity contribution >= 4 is 28.3 Å². The summed E-state index contributed by atoms with van der Waals surface area (Å²) >= 11 is 1.53. The fourth-order valence-electron chi connectivity index (χ4n) is 5.90. The normalized spacial score (nSPS) is 22.6. The second kappa shape index (κ2) is 10.6. The second-order valence-corrected chi connectivity index (χ2v) is 11.2. The number of nitriles is 1. The number of nitrogens with two attached hydrogens (primary N) is 1. The summed E-state index contributed by atoms with van der Waals surface area (Å²) in [6.45, 7) is 7.59. The molecule has 1 aliphatic carbocycles. The average Bonchev–Trinajstić information content (AvgIpc) is 3.12. The van der Waals surface area contributed by atoms with E-state index < -0.39 is 0 Å². The van der Waals surface area contributed by atoms with E-state index in [2.05, 4.69) is 42.1 Å². The van der Waals surface area contributed by atoms with Crippen molar-refractivity contribution in [1.82, 2.24) is 20.0 Å². The molecule has 3 atom stereocenters. The third-order valence-electron chi connectivity index (χ3n) is 8.31. The first-order valence-electron chi connectivity index (χ1n) is 12.4. The number of nitrogens with one attached hydrogen (secondary N) is 1. The predicted molar refractivity (Wildman–Crippen MR) is 137 cm³/mol. The molecule has 1 aliphatic heterocycles. The topological polar surface area (TPSA) is 106 Å². The van der Waals surface area contributed by atoms with Crippen molar-refractivity contribution in [3.8, 4) is 6.07 Å². The van der Waals surface area contributed by atoms with Crippen LogP contribution in [0.2, 0.25) is 0 Å². The Morgan fingerprint density at radius 3 is 2.50 bits per heavy atom. The van der Waals surface area contributed by atoms with E-state index in [9.17, 15) is 14.9 Å². The number of nitrogen functional groups attached to an aromatic ring is 1. The number of imide groups is 1. The lowest BCUT2D eigenvalue weighted by Gasteiger charge is -2.45. The minimum Gasteiger partial charge on any atom is -0.389 e. The van der Waals surface area contributed by atoms with Crippen LogP contribution >= 0.6 is 11.3 Å². The van der Waals surface area contributed by atoms with E-state index in [0.717, 1.165) is 37.7 Å². The van der Waals surface area contributed by atoms with Gasteiger partial charge in [0.1, 0.15) is 11.1 Å². The molecule has 0 spiro atoms. The van der Waals surface area contributed by atoms with Gasteiger partial charge in [-0.05, 0) is 71.7 Å². The number of carbonyl (C=O) groups excluding carboxylic acids is 2. The molecule has 8 nitrogen and oxygen atoms in total. The highest BCUT2D eigenvalue weighted by Crippen LogP contribution is 2.43. The zero-order valence-electron chi connectivity index (χ0n) is 21.5. The number of carbonyl (C=O) groups is 2. The number of likely N-dealkylation sites (tertiary alicyclic amines) is 1. The highest BCUT2D eigenvalue weighted by molar-refractivity contribution is 7.16. The minimum absolute atomic E-state index is 0.107. The van der Waals surface area contributed by atoms with Crippen LogP contribution in [0.5, 0.6) is 0 Å². The summed E-state index contributed by atoms with van der Waals surface area (Å²) in [6.07, 6.45) is 4.18. The molecule has 0 bridgehead atoms. The van der Waals surface area contributed by atoms with Crippen molar-refractivity contribution in [1.29, 1.82) is 5.26 Å². The van der Waals surface area contributed by atoms with Crippen LogP contribution in [-0.4, -0.2) is 79.0 Å². The van der Waals surface area contributed by atoms with Crippen LogP contribution in [0.1, 0.15) is 56.0 Å². The number of anilines is 1. The Morgan fingerprint density at radius 1 is 1.26 bits per heavy atom. The van der Waals surface area contributed by atoms with Gasteiger partial charge in [0.05, 0.1) is 11.5 Å². The van der Waals surface area contributed by atoms with Crippen molar-refractivity contribution < 1.29 is 9.59 Å². The van der Waals surface area contributed by atoms with Crippen LogP contribution < -0.4 is 11.1 Å². The summed E-state index contributed by atoms with van der Waals surface area (Å²) < 4.78 is 0. The number of hydrogen-bond acceptors (Lipinski definition) is 7. The largest absolute Gasteiger partial charge is 0.389 e. The van der Waals surface area contributed by atoms with E-state index >= 15 is 0 Å². The maximum atomic E-state index is 13.5. The van der Waals surface area contributed by atoms with Crippen molar-refractivity contribution in [3.05, 3.63) is 16.0 Å². The van der Waals surface area contributed by atoms with Crippen molar-refractivity contribution in [2.24, 2.45) is 11.8 Å². The lowest BCUT2D eigenvalue weighted by atomic mass is 9.74. The number of thiophene rings is 1. The van der Waals surface area contributed by atoms with Gasteiger partial charge >= 0.3 is 6.03 Å². The number of piperidine rings is 1. The fraction of sp³-hybridized carbons (Fsp3) is 0.720. The molecule has 1 unspecified atom stereocenters. The molecule has 0 radical (unpaired) electrons. The molecule has 9 heteroatoms. The third-order valence-corrected chi connectivity index (χ3v) is 9.39. The molecule has 1 aromatic heterocycles. The molecule has 1 fully saturated rings. The van der Waals surface area contributed by atoms with Crippen LogP contribution in [0.3, 0.4) is 0 Å². The van der Waals surface area contributed by atoms with E-state index in [0.29, 0.717) is 36.2 Å². The molecule has 2 aliphatic rings. The first-order chi connectivity index (χ1) is 16.1. The summed E-state index contributed by atoms with van der Waals surface area (Å²) in [6, 6.07) is 2.29. The monoisotopic (exact) mass is 488 g/mol. The van der Waals surface area contributed by atoms with Gasteiger partial charge in [-0.15, -0.1) is 11.3 Å². The third kappa shape index (κ3) is 4.81. The zero-order valence-corrected chi connectivity index (χ0v) is 22.3. The number of urea groups is 1. The standard InChI is InChI=1S/C25H40N6O2S/c1-7-25(8-2,29(4)5)15-28-24(33)31(9-3)23(32)17-10-16-11-18-19(13-26)22(27)34-21(18)12-20(16)30(6)14-17/h16-17,20H,7-12,14-15,27H2,1-6H3,(H,28,33)/t16?,17-,20-/m1/s1. The maximum Gasteiger partial charge on any atom is 0.324 e. The predicted octanol–water partition coefficient (Wildman–Crippen LogP) is 2.92. The molecule has 2 heterocycles. The lowest BCUT2D eigenvalue weighted by Crippen LogP contribution is -2.57. The zero-order chi connectivity index (χ0) is 25.2. The van der Waals surface area contributed by atoms with E-state index in [1.165, 1.54) is 21.1 Å². The molecule has 0 saturated carbocycles. The summed E-state index contributed by atoms with van der Waals surface area (Å²) in [5.41, 5.74) is 7.64. The van der Waals surface area contributed by atoms with E-state index in [1.54, 1.807) is 0 Å². The van der Waals surface area contributed by atoms with Crippen LogP contribution in [0.25, 0.3) is 0 Å². The van der Waals surface area contributed by atoms with E-state index in [1.807, 2.05) is 21.0 Å². The van der Waals surface area contributed by atoms with Gasteiger partial charge < -0.3 is 20.9 Å². The van der Waals surface area contributed by atoms with Crippen molar-refractivity contribution in [2.75, 3.05) is 46.5 Å².